The molecule has 2 aromatic rings. The molecule has 26 heavy (non-hydrogen) atoms. The number of H-pyrrole nitrogens is 1. The Kier molecular flexibility index (Phi) is 5.76. The molecular weight excluding hydrogens is 320 g/mol. The molecule has 0 aliphatic heterocycles. The summed E-state index contributed by atoms with van der Waals surface area (Å²) >= 11 is 0. The highest BCUT2D eigenvalue weighted by Crippen LogP contribution is 2.41. The summed E-state index contributed by atoms with van der Waals surface area (Å²) in [5.41, 5.74) is 7.70. The molecule has 1 aliphatic carbocycles. The second-order valence-corrected chi connectivity index (χ2v) is 8.50. The van der Waals surface area contributed by atoms with E-state index < -0.39 is 0 Å². The van der Waals surface area contributed by atoms with Crippen LogP contribution in [0.3, 0.4) is 0 Å². The number of nitrogens with two attached hydrogens (primary N) is 1. The molecular formula is C23H35N2O+. The highest BCUT2D eigenvalue weighted by atomic mass is 16.5. The zero-order chi connectivity index (χ0) is 18.7. The lowest BCUT2D eigenvalue weighted by Gasteiger charge is -2.34. The van der Waals surface area contributed by atoms with Crippen LogP contribution >= 0.6 is 0 Å². The van der Waals surface area contributed by atoms with Crippen molar-refractivity contribution < 1.29 is 10.1 Å². The normalized spacial score (nSPS) is 17.1. The van der Waals surface area contributed by atoms with Crippen LogP contribution in [0.5, 0.6) is 5.75 Å². The van der Waals surface area contributed by atoms with Gasteiger partial charge in [0.05, 0.1) is 20.2 Å². The van der Waals surface area contributed by atoms with E-state index in [-0.39, 0.29) is 0 Å². The fraction of sp³-hybridized carbons (Fsp3) is 0.565. The first-order valence-electron chi connectivity index (χ1n) is 10.1. The van der Waals surface area contributed by atoms with Gasteiger partial charge in [-0.3, -0.25) is 0 Å². The number of hydrogen-bond donors (Lipinski definition) is 2. The topological polar surface area (TPSA) is 41.6 Å². The van der Waals surface area contributed by atoms with E-state index in [1.54, 1.807) is 18.3 Å². The van der Waals surface area contributed by atoms with Gasteiger partial charge >= 0.3 is 0 Å². The molecule has 0 radical (unpaired) electrons. The third-order valence-corrected chi connectivity index (χ3v) is 6.21. The highest BCUT2D eigenvalue weighted by Gasteiger charge is 2.28. The van der Waals surface area contributed by atoms with Crippen LogP contribution in [-0.4, -0.2) is 25.2 Å². The maximum Gasteiger partial charge on any atom is 0.119 e. The largest absolute Gasteiger partial charge is 0.497 e. The second-order valence-electron chi connectivity index (χ2n) is 8.50. The summed E-state index contributed by atoms with van der Waals surface area (Å²) in [7, 11) is 1.73. The molecule has 0 amide bonds. The van der Waals surface area contributed by atoms with Gasteiger partial charge in [-0.25, -0.2) is 0 Å². The summed E-state index contributed by atoms with van der Waals surface area (Å²) in [6.07, 6.45) is 6.33. The number of aromatic amines is 1. The van der Waals surface area contributed by atoms with E-state index in [1.165, 1.54) is 54.4 Å². The first-order valence-corrected chi connectivity index (χ1v) is 10.1. The third-order valence-electron chi connectivity index (χ3n) is 6.21. The molecule has 0 unspecified atom stereocenters. The summed E-state index contributed by atoms with van der Waals surface area (Å²) in [6.45, 7) is 11.7. The first-order chi connectivity index (χ1) is 12.4. The van der Waals surface area contributed by atoms with Crippen LogP contribution in [-0.2, 0) is 6.42 Å². The van der Waals surface area contributed by atoms with E-state index in [0.29, 0.717) is 5.41 Å². The van der Waals surface area contributed by atoms with Gasteiger partial charge < -0.3 is 15.0 Å². The fourth-order valence-electron chi connectivity index (χ4n) is 4.67. The number of nitrogens with one attached hydrogen (secondary N) is 1. The number of aryl methyl sites for hydroxylation is 1. The predicted octanol–water partition coefficient (Wildman–Crippen LogP) is 4.51. The molecule has 1 heterocycles. The third kappa shape index (κ3) is 3.98. The number of benzene rings is 1. The molecule has 1 aromatic carbocycles. The van der Waals surface area contributed by atoms with Gasteiger partial charge in [0.25, 0.3) is 0 Å². The van der Waals surface area contributed by atoms with Crippen molar-refractivity contribution in [1.82, 2.24) is 4.98 Å². The number of ether oxygens (including phenoxy) is 1. The molecule has 1 aromatic heterocycles. The van der Waals surface area contributed by atoms with E-state index >= 15 is 0 Å². The zero-order valence-electron chi connectivity index (χ0n) is 17.2. The minimum atomic E-state index is 0.403. The van der Waals surface area contributed by atoms with Crippen LogP contribution in [0.15, 0.2) is 29.3 Å². The summed E-state index contributed by atoms with van der Waals surface area (Å²) in [5, 5.41) is 3.80. The minimum Gasteiger partial charge on any atom is -0.497 e. The van der Waals surface area contributed by atoms with Gasteiger partial charge in [-0.15, -0.1) is 0 Å². The average molecular weight is 356 g/mol. The lowest BCUT2D eigenvalue weighted by molar-refractivity contribution is -0.653. The molecule has 0 bridgehead atoms. The van der Waals surface area contributed by atoms with Crippen LogP contribution < -0.4 is 10.1 Å². The molecule has 142 valence electrons. The number of aromatic nitrogens is 1. The maximum absolute atomic E-state index is 5.40. The predicted molar refractivity (Wildman–Crippen MR) is 110 cm³/mol. The lowest BCUT2D eigenvalue weighted by atomic mass is 9.71. The fourth-order valence-corrected chi connectivity index (χ4v) is 4.67. The van der Waals surface area contributed by atoms with Gasteiger partial charge in [-0.05, 0) is 62.3 Å². The summed E-state index contributed by atoms with van der Waals surface area (Å²) in [4.78, 5) is 3.51. The molecule has 0 saturated carbocycles. The second kappa shape index (κ2) is 7.87. The van der Waals surface area contributed by atoms with Crippen molar-refractivity contribution in [3.8, 4) is 5.75 Å². The monoisotopic (exact) mass is 355 g/mol. The van der Waals surface area contributed by atoms with Crippen molar-refractivity contribution in [2.24, 2.45) is 5.41 Å². The Labute approximate surface area is 158 Å². The van der Waals surface area contributed by atoms with Crippen molar-refractivity contribution in [3.05, 3.63) is 40.6 Å². The zero-order valence-corrected chi connectivity index (χ0v) is 17.2. The van der Waals surface area contributed by atoms with E-state index in [0.717, 1.165) is 18.7 Å². The summed E-state index contributed by atoms with van der Waals surface area (Å²) < 4.78 is 5.40. The van der Waals surface area contributed by atoms with Crippen LogP contribution in [0, 0.1) is 12.3 Å². The van der Waals surface area contributed by atoms with Crippen LogP contribution in [0.1, 0.15) is 57.7 Å². The SMILES string of the molecule is COc1ccc2[nH]c(C)c(CC[NH2+]CCC3=C(C)CCCC3(C)C)c2c1. The molecule has 1 aliphatic rings. The molecule has 3 rings (SSSR count). The van der Waals surface area contributed by atoms with E-state index in [4.69, 9.17) is 4.74 Å². The van der Waals surface area contributed by atoms with Crippen molar-refractivity contribution in [2.75, 3.05) is 20.2 Å². The quantitative estimate of drug-likeness (QED) is 0.557. The van der Waals surface area contributed by atoms with Crippen LogP contribution in [0.4, 0.5) is 0 Å². The number of allylic oxidation sites excluding steroid dienone is 1. The van der Waals surface area contributed by atoms with Crippen molar-refractivity contribution >= 4 is 10.9 Å². The number of rotatable bonds is 7. The molecule has 3 nitrogen and oxygen atoms in total. The maximum atomic E-state index is 5.40. The highest BCUT2D eigenvalue weighted by molar-refractivity contribution is 5.86. The van der Waals surface area contributed by atoms with Crippen LogP contribution in [0.25, 0.3) is 10.9 Å². The average Bonchev–Trinajstić information content (AvgIpc) is 2.91. The summed E-state index contributed by atoms with van der Waals surface area (Å²) in [5.74, 6) is 0.934. The number of hydrogen-bond acceptors (Lipinski definition) is 1. The first kappa shape index (κ1) is 19.0. The van der Waals surface area contributed by atoms with Gasteiger partial charge in [0.15, 0.2) is 0 Å². The van der Waals surface area contributed by atoms with Gasteiger partial charge in [-0.1, -0.05) is 25.0 Å². The Hall–Kier alpha value is -1.74. The molecule has 0 saturated heterocycles. The minimum absolute atomic E-state index is 0.403. The van der Waals surface area contributed by atoms with Crippen molar-refractivity contribution in [3.63, 3.8) is 0 Å². The molecule has 0 fully saturated rings. The molecule has 0 spiro atoms. The Balaban J connectivity index is 1.57. The number of fused-ring (bicyclic) bond motifs is 1. The molecule has 0 atom stereocenters. The van der Waals surface area contributed by atoms with Gasteiger partial charge in [0.1, 0.15) is 5.75 Å². The number of methoxy groups -OCH3 is 1. The Morgan fingerprint density at radius 3 is 2.65 bits per heavy atom. The van der Waals surface area contributed by atoms with Gasteiger partial charge in [0.2, 0.25) is 0 Å². The Morgan fingerprint density at radius 1 is 1.15 bits per heavy atom. The van der Waals surface area contributed by atoms with E-state index in [1.807, 2.05) is 6.07 Å². The standard InChI is InChI=1S/C23H34N2O/c1-16-7-6-12-23(3,4)21(16)11-14-24-13-10-19-17(2)25-22-9-8-18(26-5)15-20(19)22/h8-9,15,24-25H,6-7,10-14H2,1-5H3/p+1. The van der Waals surface area contributed by atoms with E-state index in [2.05, 4.69) is 50.1 Å². The van der Waals surface area contributed by atoms with E-state index in [9.17, 15) is 0 Å². The molecule has 3 heteroatoms. The smallest absolute Gasteiger partial charge is 0.119 e. The summed E-state index contributed by atoms with van der Waals surface area (Å²) in [6, 6.07) is 6.30. The van der Waals surface area contributed by atoms with Crippen LogP contribution in [0.2, 0.25) is 0 Å². The Morgan fingerprint density at radius 2 is 1.92 bits per heavy atom. The molecule has 3 N–H and O–H groups in total. The Bertz CT molecular complexity index is 798. The van der Waals surface area contributed by atoms with Crippen molar-refractivity contribution in [1.29, 1.82) is 0 Å². The lowest BCUT2D eigenvalue weighted by Crippen LogP contribution is -2.84. The van der Waals surface area contributed by atoms with Crippen molar-refractivity contribution in [2.45, 2.75) is 59.8 Å². The van der Waals surface area contributed by atoms with Gasteiger partial charge in [-0.2, -0.15) is 0 Å². The number of quaternary nitrogens is 1. The van der Waals surface area contributed by atoms with Gasteiger partial charge in [0, 0.05) is 29.4 Å².